The summed E-state index contributed by atoms with van der Waals surface area (Å²) in [5, 5.41) is 1.54. The van der Waals surface area contributed by atoms with Crippen molar-refractivity contribution in [2.75, 3.05) is 0 Å². The van der Waals surface area contributed by atoms with Gasteiger partial charge in [0.05, 0.1) is 17.1 Å². The van der Waals surface area contributed by atoms with Crippen LogP contribution < -0.4 is 4.57 Å². The molecule has 2 heterocycles. The summed E-state index contributed by atoms with van der Waals surface area (Å²) in [6.45, 7) is 0.912. The van der Waals surface area contributed by atoms with Crippen LogP contribution >= 0.6 is 100.0 Å². The van der Waals surface area contributed by atoms with E-state index in [-0.39, 0.29) is 0 Å². The van der Waals surface area contributed by atoms with Gasteiger partial charge in [-0.15, -0.1) is 4.68 Å². The van der Waals surface area contributed by atoms with Gasteiger partial charge in [-0.2, -0.15) is 0 Å². The van der Waals surface area contributed by atoms with Gasteiger partial charge in [0, 0.05) is 11.4 Å². The van der Waals surface area contributed by atoms with Crippen molar-refractivity contribution in [3.63, 3.8) is 0 Å². The first-order chi connectivity index (χ1) is 12.5. The molecule has 0 bridgehead atoms. The molecule has 28 heavy (non-hydrogen) atoms. The number of hydrogen-bond acceptors (Lipinski definition) is 1. The van der Waals surface area contributed by atoms with Crippen LogP contribution in [0.2, 0.25) is 15.1 Å². The first-order valence-electron chi connectivity index (χ1n) is 7.87. The first kappa shape index (κ1) is 26.3. The second kappa shape index (κ2) is 8.75. The van der Waals surface area contributed by atoms with Crippen LogP contribution in [0.15, 0.2) is 12.1 Å². The standard InChI is InChI=1S/C14H15Cl3N3S.6ClH.Sb/c1-18-12-5-3-2-4-6-19(12)20(14(18)21)13-10(16)7-9(15)8-11(13)17;;;;;;;/h7-8H,2-6H2,1H3;6*1H;/q+1;;;;;;;+5/p-6. The monoisotopic (exact) mass is 693 g/mol. The molecule has 2 aromatic rings. The predicted molar refractivity (Wildman–Crippen MR) is 129 cm³/mol. The Morgan fingerprint density at radius 3 is 1.93 bits per heavy atom. The maximum absolute atomic E-state index is 6.38. The molecule has 0 spiro atoms. The molecular formula is C14H15Cl9N3SSb. The minimum atomic E-state index is -5.42. The van der Waals surface area contributed by atoms with E-state index in [4.69, 9.17) is 100.0 Å². The molecule has 3 nitrogen and oxygen atoms in total. The van der Waals surface area contributed by atoms with Gasteiger partial charge in [0.25, 0.3) is 0 Å². The van der Waals surface area contributed by atoms with Gasteiger partial charge in [-0.1, -0.05) is 39.5 Å². The predicted octanol–water partition coefficient (Wildman–Crippen LogP) is 8.28. The summed E-state index contributed by atoms with van der Waals surface area (Å²) >= 11 is 24.4. The van der Waals surface area contributed by atoms with E-state index in [1.54, 1.807) is 12.1 Å². The Hall–Kier alpha value is 2.01. The number of aromatic nitrogens is 3. The van der Waals surface area contributed by atoms with Crippen molar-refractivity contribution < 1.29 is 4.57 Å². The zero-order valence-electron chi connectivity index (χ0n) is 14.3. The fourth-order valence-corrected chi connectivity index (χ4v) is 4.12. The van der Waals surface area contributed by atoms with Gasteiger partial charge in [0.15, 0.2) is 5.69 Å². The Bertz CT molecular complexity index is 929. The number of halogens is 9. The molecule has 3 rings (SSSR count). The third-order valence-corrected chi connectivity index (χ3v) is 5.10. The molecule has 0 saturated carbocycles. The molecule has 1 aliphatic rings. The molecule has 1 aromatic carbocycles. The molecule has 0 N–H and O–H groups in total. The average Bonchev–Trinajstić information content (AvgIpc) is 2.66. The number of benzene rings is 1. The van der Waals surface area contributed by atoms with Gasteiger partial charge in [-0.25, -0.2) is 4.57 Å². The van der Waals surface area contributed by atoms with E-state index in [1.165, 1.54) is 18.7 Å². The Labute approximate surface area is 203 Å². The SMILES string of the molecule is C[n+]1c2n(n(-c3c(Cl)cc(Cl)cc3Cl)c1=S)CCCCC2.[Cl][Sb-]([Cl])([Cl])([Cl])([Cl])[Cl]. The molecule has 1 aromatic heterocycles. The third kappa shape index (κ3) is 8.17. The average molecular weight is 698 g/mol. The molecule has 0 aliphatic carbocycles. The van der Waals surface area contributed by atoms with E-state index in [2.05, 4.69) is 4.68 Å². The van der Waals surface area contributed by atoms with Crippen LogP contribution in [0.25, 0.3) is 5.69 Å². The third-order valence-electron chi connectivity index (χ3n) is 3.86. The van der Waals surface area contributed by atoms with Crippen LogP contribution in [-0.4, -0.2) is 18.5 Å². The van der Waals surface area contributed by atoms with E-state index in [0.29, 0.717) is 25.5 Å². The zero-order valence-corrected chi connectivity index (χ0v) is 24.5. The van der Waals surface area contributed by atoms with Crippen LogP contribution in [0, 0.1) is 4.77 Å². The molecule has 0 atom stereocenters. The minimum absolute atomic E-state index is 0.508. The Morgan fingerprint density at radius 1 is 0.929 bits per heavy atom. The fraction of sp³-hybridized carbons (Fsp3) is 0.429. The van der Waals surface area contributed by atoms with Crippen LogP contribution in [-0.2, 0) is 20.0 Å². The normalized spacial score (nSPS) is 16.9. The van der Waals surface area contributed by atoms with E-state index >= 15 is 0 Å². The van der Waals surface area contributed by atoms with Crippen molar-refractivity contribution in [2.45, 2.75) is 32.2 Å². The number of fused-ring (bicyclic) bond motifs is 1. The summed E-state index contributed by atoms with van der Waals surface area (Å²) in [6, 6.07) is 3.39. The molecule has 0 unspecified atom stereocenters. The van der Waals surface area contributed by atoms with Crippen molar-refractivity contribution in [2.24, 2.45) is 7.05 Å². The zero-order chi connectivity index (χ0) is 21.6. The van der Waals surface area contributed by atoms with Crippen molar-refractivity contribution in [3.8, 4) is 5.69 Å². The fourth-order valence-electron chi connectivity index (χ4n) is 2.84. The van der Waals surface area contributed by atoms with E-state index in [1.807, 2.05) is 16.3 Å². The van der Waals surface area contributed by atoms with E-state index < -0.39 is 9.14 Å². The second-order valence-electron chi connectivity index (χ2n) is 6.18. The summed E-state index contributed by atoms with van der Waals surface area (Å²) in [5.74, 6) is 1.21. The molecule has 0 saturated heterocycles. The van der Waals surface area contributed by atoms with Crippen molar-refractivity contribution in [1.82, 2.24) is 9.36 Å². The number of rotatable bonds is 1. The van der Waals surface area contributed by atoms with Gasteiger partial charge < -0.3 is 0 Å². The van der Waals surface area contributed by atoms with Gasteiger partial charge in [0.1, 0.15) is 6.54 Å². The summed E-state index contributed by atoms with van der Waals surface area (Å²) in [6.07, 6.45) is 4.53. The summed E-state index contributed by atoms with van der Waals surface area (Å²) < 4.78 is 6.87. The van der Waals surface area contributed by atoms with Gasteiger partial charge in [0.2, 0.25) is 5.82 Å². The molecule has 160 valence electrons. The van der Waals surface area contributed by atoms with Crippen LogP contribution in [0.3, 0.4) is 0 Å². The van der Waals surface area contributed by atoms with Crippen molar-refractivity contribution in [3.05, 3.63) is 37.8 Å². The maximum atomic E-state index is 6.38. The first-order valence-corrected chi connectivity index (χ1v) is 28.8. The Balaban J connectivity index is 0.000000345. The Morgan fingerprint density at radius 2 is 1.43 bits per heavy atom. The van der Waals surface area contributed by atoms with Gasteiger partial charge in [-0.05, 0) is 43.6 Å². The topological polar surface area (TPSA) is 13.7 Å². The summed E-state index contributed by atoms with van der Waals surface area (Å²) in [5.41, 5.74) is 0.705. The molecule has 1 aliphatic heterocycles. The molecule has 0 fully saturated rings. The van der Waals surface area contributed by atoms with E-state index in [0.717, 1.165) is 19.4 Å². The molecule has 0 amide bonds. The summed E-state index contributed by atoms with van der Waals surface area (Å²) in [7, 11) is 27.0. The molecule has 0 radical (unpaired) electrons. The van der Waals surface area contributed by atoms with Gasteiger partial charge in [-0.3, -0.25) is 0 Å². The van der Waals surface area contributed by atoms with Gasteiger partial charge >= 0.3 is 66.9 Å². The number of hydrogen-bond donors (Lipinski definition) is 0. The van der Waals surface area contributed by atoms with Crippen LogP contribution in [0.4, 0.5) is 0 Å². The summed E-state index contributed by atoms with van der Waals surface area (Å²) in [4.78, 5) is 0. The second-order valence-corrected chi connectivity index (χ2v) is 64.7. The quantitative estimate of drug-likeness (QED) is 0.166. The molecule has 14 heteroatoms. The van der Waals surface area contributed by atoms with Crippen molar-refractivity contribution in [1.29, 1.82) is 0 Å². The number of nitrogens with zero attached hydrogens (tertiary/aromatic N) is 3. The van der Waals surface area contributed by atoms with Crippen LogP contribution in [0.5, 0.6) is 0 Å². The Kier molecular flexibility index (Phi) is 8.20. The van der Waals surface area contributed by atoms with Crippen LogP contribution in [0.1, 0.15) is 25.1 Å². The van der Waals surface area contributed by atoms with E-state index in [9.17, 15) is 0 Å². The van der Waals surface area contributed by atoms with Crippen molar-refractivity contribution >= 4 is 109 Å². The molecular weight excluding hydrogens is 683 g/mol.